The van der Waals surface area contributed by atoms with Crippen molar-refractivity contribution in [2.24, 2.45) is 0 Å². The molecule has 0 saturated heterocycles. The second-order valence-corrected chi connectivity index (χ2v) is 34.6. The van der Waals surface area contributed by atoms with Crippen LogP contribution in [0.25, 0.3) is 45.6 Å². The zero-order valence-electron chi connectivity index (χ0n) is 68.8. The molecule has 0 aliphatic carbocycles. The molecular formula is C85H101Cl4IN18O11. The number of ether oxygens (including phenoxy) is 5. The van der Waals surface area contributed by atoms with E-state index in [-0.39, 0.29) is 55.4 Å². The van der Waals surface area contributed by atoms with E-state index in [9.17, 15) is 24.0 Å². The highest BCUT2D eigenvalue weighted by atomic mass is 127. The molecule has 0 atom stereocenters. The van der Waals surface area contributed by atoms with Gasteiger partial charge in [-0.1, -0.05) is 90.3 Å². The molecule has 10 aromatic heterocycles. The number of carboxylic acid groups (broad SMARTS) is 1. The Balaban J connectivity index is 0.000000188. The molecule has 10 aromatic rings. The summed E-state index contributed by atoms with van der Waals surface area (Å²) in [4.78, 5) is 125. The van der Waals surface area contributed by atoms with Gasteiger partial charge in [0.25, 0.3) is 11.5 Å². The number of aromatic amines is 1. The monoisotopic (exact) mass is 1820 g/mol. The lowest BCUT2D eigenvalue weighted by atomic mass is 10.0. The van der Waals surface area contributed by atoms with Crippen LogP contribution in [0.5, 0.6) is 17.6 Å². The number of alkyl halides is 1. The molecular weight excluding hydrogens is 1720 g/mol. The Bertz CT molecular complexity index is 5160. The van der Waals surface area contributed by atoms with E-state index in [0.29, 0.717) is 136 Å². The highest BCUT2D eigenvalue weighted by Gasteiger charge is 2.33. The van der Waals surface area contributed by atoms with Crippen LogP contribution >= 0.6 is 69.0 Å². The Labute approximate surface area is 727 Å². The van der Waals surface area contributed by atoms with E-state index in [0.717, 1.165) is 85.3 Å². The van der Waals surface area contributed by atoms with E-state index in [2.05, 4.69) is 102 Å². The summed E-state index contributed by atoms with van der Waals surface area (Å²) in [6, 6.07) is 20.9. The Hall–Kier alpha value is -10.3. The van der Waals surface area contributed by atoms with E-state index in [1.807, 2.05) is 121 Å². The Morgan fingerprint density at radius 2 is 0.807 bits per heavy atom. The van der Waals surface area contributed by atoms with Crippen LogP contribution in [-0.2, 0) is 61.3 Å². The van der Waals surface area contributed by atoms with Crippen LogP contribution < -0.4 is 25.1 Å². The average molecular weight is 1820 g/mol. The number of nitrogens with zero attached hydrogens (tertiary/aromatic N) is 16. The summed E-state index contributed by atoms with van der Waals surface area (Å²) in [5.41, 5.74) is 10.9. The van der Waals surface area contributed by atoms with E-state index in [1.54, 1.807) is 83.2 Å². The Kier molecular flexibility index (Phi) is 34.1. The lowest BCUT2D eigenvalue weighted by Gasteiger charge is -2.31. The van der Waals surface area contributed by atoms with Crippen molar-refractivity contribution in [3.63, 3.8) is 0 Å². The van der Waals surface area contributed by atoms with E-state index in [1.165, 1.54) is 17.2 Å². The number of halogens is 5. The number of H-pyrrole nitrogens is 1. The molecule has 34 heteroatoms. The van der Waals surface area contributed by atoms with Crippen LogP contribution in [0.2, 0.25) is 20.6 Å². The number of rotatable bonds is 12. The maximum atomic E-state index is 13.0. The van der Waals surface area contributed by atoms with E-state index >= 15 is 0 Å². The molecule has 0 fully saturated rings. The van der Waals surface area contributed by atoms with Gasteiger partial charge >= 0.3 is 18.2 Å². The predicted molar refractivity (Wildman–Crippen MR) is 467 cm³/mol. The SMILES string of the molecule is C.CC(C)(C)OC(=O)N1CCc2nc(-c3ccc(Cl)nc3)[nH]c(=O)c2C1.CC(C)I.CC(C)Oc1nc(-c2ccc(Cl)nc2)nc2c1CN(C(=O)OC(C)(C)C)CC2.CC(C)Oc1nc(-c2ccc(Cl)nc2)nc2c1CNCC2.Cc1ccc(C(=O)N2CCc3nc(-c4ccc(Cl)nc4)nc(OC(C)C)c3C2)cn1.Cc1ccc(C(=O)O)cn1. The van der Waals surface area contributed by atoms with Gasteiger partial charge in [-0.15, -0.1) is 0 Å². The van der Waals surface area contributed by atoms with Crippen molar-refractivity contribution in [3.8, 4) is 63.2 Å². The van der Waals surface area contributed by atoms with Crippen molar-refractivity contribution in [1.82, 2.24) is 89.8 Å². The molecule has 0 saturated carbocycles. The second-order valence-electron chi connectivity index (χ2n) is 30.6. The molecule has 3 amide bonds. The van der Waals surface area contributed by atoms with Crippen LogP contribution in [-0.4, -0.2) is 173 Å². The molecule has 0 aromatic carbocycles. The molecule has 3 N–H and O–H groups in total. The molecule has 29 nitrogen and oxygen atoms in total. The van der Waals surface area contributed by atoms with Gasteiger partial charge in [0.1, 0.15) is 37.6 Å². The Morgan fingerprint density at radius 3 is 1.17 bits per heavy atom. The summed E-state index contributed by atoms with van der Waals surface area (Å²) in [5.74, 6) is 2.79. The predicted octanol–water partition coefficient (Wildman–Crippen LogP) is 17.1. The van der Waals surface area contributed by atoms with Gasteiger partial charge in [-0.25, -0.2) is 54.3 Å². The van der Waals surface area contributed by atoms with Crippen molar-refractivity contribution in [1.29, 1.82) is 0 Å². The number of carbonyl (C=O) groups excluding carboxylic acids is 3. The number of aromatic nitrogens is 14. The van der Waals surface area contributed by atoms with Gasteiger partial charge in [0.15, 0.2) is 17.5 Å². The minimum atomic E-state index is -0.937. The molecule has 632 valence electrons. The highest BCUT2D eigenvalue weighted by Crippen LogP contribution is 2.34. The van der Waals surface area contributed by atoms with Crippen LogP contribution in [0, 0.1) is 13.8 Å². The summed E-state index contributed by atoms with van der Waals surface area (Å²) < 4.78 is 29.5. The van der Waals surface area contributed by atoms with E-state index in [4.69, 9.17) is 85.2 Å². The van der Waals surface area contributed by atoms with Gasteiger partial charge in [0.2, 0.25) is 17.6 Å². The minimum Gasteiger partial charge on any atom is -0.478 e. The number of aryl methyl sites for hydroxylation is 2. The summed E-state index contributed by atoms with van der Waals surface area (Å²) in [6.45, 7) is 34.9. The standard InChI is InChI=1S/C22H22ClN5O2.C20H25ClN4O3.C17H19ClN4O3.C15H17ClN4O.C7H7NO2.C3H7I.CH4/c1-13(2)30-21-17-12-28(22(29)16-5-4-14(3)24-11-16)9-8-18(17)26-20(27-21)15-6-7-19(23)25-10-15;1-12(2)27-18-14-11-25(19(26)28-20(3,4)5)9-8-15(14)23-17(24-18)13-6-7-16(21)22-10-13;1-17(2,3)25-16(24)22-7-6-12-11(9-22)15(23)21-14(20-12)10-4-5-13(18)19-8-10;1-9(2)21-15-11-8-17-6-5-12(11)19-14(20-15)10-3-4-13(16)18-7-10;1-5-2-3-6(4-8-5)7(9)10;1-3(2)4;/h4-7,10-11,13H,8-9,12H2,1-3H3;6-7,10,12H,8-9,11H2,1-5H3;4-5,8H,6-7,9H2,1-3H3,(H,20,21,23);3-4,7,9,17H,5-6,8H2,1-2H3;2-4H,1H3,(H,9,10);3H,1-2H3;1H4. The first-order chi connectivity index (χ1) is 55.8. The molecule has 0 unspecified atom stereocenters. The lowest BCUT2D eigenvalue weighted by molar-refractivity contribution is 0.0210. The first kappa shape index (κ1) is 94.2. The van der Waals surface area contributed by atoms with Crippen LogP contribution in [0.4, 0.5) is 9.59 Å². The van der Waals surface area contributed by atoms with E-state index < -0.39 is 23.3 Å². The first-order valence-corrected chi connectivity index (χ1v) is 41.1. The smallest absolute Gasteiger partial charge is 0.410 e. The average Bonchev–Trinajstić information content (AvgIpc) is 0.793. The zero-order chi connectivity index (χ0) is 85.9. The van der Waals surface area contributed by atoms with Crippen molar-refractivity contribution in [2.75, 3.05) is 26.2 Å². The van der Waals surface area contributed by atoms with Crippen LogP contribution in [0.3, 0.4) is 0 Å². The number of nitrogens with one attached hydrogen (secondary N) is 2. The quantitative estimate of drug-likeness (QED) is 0.0581. The lowest BCUT2D eigenvalue weighted by Crippen LogP contribution is -2.42. The van der Waals surface area contributed by atoms with Crippen molar-refractivity contribution in [3.05, 3.63) is 208 Å². The largest absolute Gasteiger partial charge is 0.478 e. The second kappa shape index (κ2) is 43.1. The summed E-state index contributed by atoms with van der Waals surface area (Å²) in [7, 11) is 0. The van der Waals surface area contributed by atoms with Gasteiger partial charge in [0, 0.05) is 139 Å². The minimum absolute atomic E-state index is 0. The fourth-order valence-corrected chi connectivity index (χ4v) is 12.0. The number of aromatic carboxylic acids is 1. The van der Waals surface area contributed by atoms with Crippen LogP contribution in [0.15, 0.2) is 115 Å². The van der Waals surface area contributed by atoms with Crippen molar-refractivity contribution < 1.29 is 48.0 Å². The molecule has 14 heterocycles. The number of fused-ring (bicyclic) bond motifs is 4. The number of pyridine rings is 6. The van der Waals surface area contributed by atoms with Gasteiger partial charge in [-0.05, 0) is 170 Å². The maximum Gasteiger partial charge on any atom is 0.410 e. The topological polar surface area (TPSA) is 357 Å². The number of hydrogen-bond donors (Lipinski definition) is 3. The number of carboxylic acids is 1. The fraction of sp³-hybridized carbons (Fsp3) is 0.412. The zero-order valence-corrected chi connectivity index (χ0v) is 73.9. The number of carbonyl (C=O) groups is 4. The number of amides is 3. The van der Waals surface area contributed by atoms with Crippen LogP contribution in [0.1, 0.15) is 181 Å². The summed E-state index contributed by atoms with van der Waals surface area (Å²) in [6.07, 6.45) is 11.2. The van der Waals surface area contributed by atoms with Gasteiger partial charge in [-0.2, -0.15) is 15.0 Å². The van der Waals surface area contributed by atoms with Gasteiger partial charge < -0.3 is 53.8 Å². The third-order valence-electron chi connectivity index (χ3n) is 16.9. The molecule has 0 spiro atoms. The third kappa shape index (κ3) is 28.5. The molecule has 4 aliphatic rings. The van der Waals surface area contributed by atoms with Gasteiger partial charge in [-0.3, -0.25) is 19.6 Å². The first-order valence-electron chi connectivity index (χ1n) is 38.3. The Morgan fingerprint density at radius 1 is 0.454 bits per heavy atom. The molecule has 0 bridgehead atoms. The highest BCUT2D eigenvalue weighted by molar-refractivity contribution is 14.1. The fourth-order valence-electron chi connectivity index (χ4n) is 11.5. The normalized spacial score (nSPS) is 13.2. The third-order valence-corrected chi connectivity index (χ3v) is 17.8. The summed E-state index contributed by atoms with van der Waals surface area (Å²) in [5, 5.41) is 13.4. The maximum absolute atomic E-state index is 13.0. The molecule has 4 aliphatic heterocycles. The summed E-state index contributed by atoms with van der Waals surface area (Å²) >= 11 is 25.7. The molecule has 0 radical (unpaired) electrons. The van der Waals surface area contributed by atoms with Crippen molar-refractivity contribution >= 4 is 93.1 Å². The number of hydrogen-bond acceptors (Lipinski definition) is 24. The van der Waals surface area contributed by atoms with Crippen molar-refractivity contribution in [2.45, 2.75) is 204 Å². The molecule has 14 rings (SSSR count). The molecule has 119 heavy (non-hydrogen) atoms. The van der Waals surface area contributed by atoms with Gasteiger partial charge in [0.05, 0.1) is 88.5 Å².